The van der Waals surface area contributed by atoms with Crippen LogP contribution in [0, 0.1) is 0 Å². The lowest BCUT2D eigenvalue weighted by Gasteiger charge is -2.23. The third kappa shape index (κ3) is 3.87. The molecular formula is C37H27NO3. The smallest absolute Gasteiger partial charge is 0.263 e. The summed E-state index contributed by atoms with van der Waals surface area (Å²) in [7, 11) is 3.21. The number of hydrogen-bond acceptors (Lipinski definition) is 3. The first kappa shape index (κ1) is 24.7. The van der Waals surface area contributed by atoms with Crippen LogP contribution in [0.4, 0.5) is 0 Å². The molecule has 0 unspecified atom stereocenters. The molecule has 0 saturated heterocycles. The highest BCUT2D eigenvalue weighted by molar-refractivity contribution is 6.17. The number of aromatic nitrogens is 1. The quantitative estimate of drug-likeness (QED) is 0.164. The van der Waals surface area contributed by atoms with E-state index >= 15 is 0 Å². The van der Waals surface area contributed by atoms with Gasteiger partial charge in [-0.2, -0.15) is 0 Å². The Balaban J connectivity index is 1.85. The van der Waals surface area contributed by atoms with Crippen LogP contribution < -0.4 is 15.0 Å². The van der Waals surface area contributed by atoms with Gasteiger partial charge in [0.1, 0.15) is 0 Å². The number of nitrogens with zero attached hydrogens (tertiary/aromatic N) is 1. The van der Waals surface area contributed by atoms with E-state index < -0.39 is 0 Å². The van der Waals surface area contributed by atoms with Gasteiger partial charge in [0.05, 0.1) is 30.8 Å². The zero-order chi connectivity index (χ0) is 27.9. The van der Waals surface area contributed by atoms with Crippen LogP contribution in [0.3, 0.4) is 0 Å². The van der Waals surface area contributed by atoms with Crippen molar-refractivity contribution in [3.8, 4) is 45.0 Å². The van der Waals surface area contributed by atoms with E-state index in [0.29, 0.717) is 16.9 Å². The number of benzene rings is 5. The molecule has 0 saturated carbocycles. The minimum Gasteiger partial charge on any atom is -0.493 e. The van der Waals surface area contributed by atoms with E-state index in [0.717, 1.165) is 55.2 Å². The summed E-state index contributed by atoms with van der Waals surface area (Å²) in [5.74, 6) is 1.09. The normalized spacial score (nSPS) is 11.3. The van der Waals surface area contributed by atoms with Crippen LogP contribution in [0.25, 0.3) is 60.6 Å². The second-order valence-corrected chi connectivity index (χ2v) is 9.98. The average Bonchev–Trinajstić information content (AvgIpc) is 3.05. The molecule has 7 rings (SSSR count). The van der Waals surface area contributed by atoms with E-state index in [2.05, 4.69) is 54.6 Å². The first-order valence-electron chi connectivity index (χ1n) is 13.6. The molecule has 41 heavy (non-hydrogen) atoms. The van der Waals surface area contributed by atoms with Gasteiger partial charge in [-0.25, -0.2) is 0 Å². The van der Waals surface area contributed by atoms with Gasteiger partial charge in [-0.1, -0.05) is 115 Å². The molecular weight excluding hydrogens is 506 g/mol. The first-order chi connectivity index (χ1) is 20.2. The Bertz CT molecular complexity index is 2120. The molecule has 0 aliphatic carbocycles. The number of hydrogen-bond donors (Lipinski definition) is 0. The Morgan fingerprint density at radius 2 is 0.951 bits per heavy atom. The Labute approximate surface area is 237 Å². The monoisotopic (exact) mass is 533 g/mol. The molecule has 0 aliphatic heterocycles. The summed E-state index contributed by atoms with van der Waals surface area (Å²) < 4.78 is 13.3. The lowest BCUT2D eigenvalue weighted by molar-refractivity contribution is 0.356. The topological polar surface area (TPSA) is 39.9 Å². The highest BCUT2D eigenvalue weighted by Crippen LogP contribution is 2.45. The van der Waals surface area contributed by atoms with Gasteiger partial charge in [0.25, 0.3) is 5.56 Å². The first-order valence-corrected chi connectivity index (χ1v) is 13.6. The van der Waals surface area contributed by atoms with E-state index in [1.54, 1.807) is 14.2 Å². The average molecular weight is 534 g/mol. The van der Waals surface area contributed by atoms with Gasteiger partial charge in [0.15, 0.2) is 11.5 Å². The molecule has 2 heterocycles. The molecule has 0 spiro atoms. The Hall–Kier alpha value is -5.35. The fourth-order valence-corrected chi connectivity index (χ4v) is 6.00. The SMILES string of the molecule is COc1cc2c(-c3ccccc3)c3c4ccccc4c(-c4ccccc4)c(-c4ccccc4)n3c(=O)c2cc1OC. The lowest BCUT2D eigenvalue weighted by atomic mass is 9.89. The van der Waals surface area contributed by atoms with Gasteiger partial charge in [-0.05, 0) is 34.2 Å². The predicted octanol–water partition coefficient (Wildman–Crippen LogP) is 8.62. The van der Waals surface area contributed by atoms with E-state index in [1.807, 2.05) is 77.2 Å². The maximum atomic E-state index is 14.8. The summed E-state index contributed by atoms with van der Waals surface area (Å²) in [5.41, 5.74) is 6.60. The molecule has 0 N–H and O–H groups in total. The summed E-state index contributed by atoms with van der Waals surface area (Å²) in [5, 5.41) is 3.45. The number of fused-ring (bicyclic) bond motifs is 4. The minimum absolute atomic E-state index is 0.113. The fourth-order valence-electron chi connectivity index (χ4n) is 6.00. The molecule has 198 valence electrons. The van der Waals surface area contributed by atoms with Crippen LogP contribution in [0.15, 0.2) is 132 Å². The van der Waals surface area contributed by atoms with E-state index in [-0.39, 0.29) is 5.56 Å². The molecule has 4 heteroatoms. The van der Waals surface area contributed by atoms with Crippen LogP contribution >= 0.6 is 0 Å². The zero-order valence-electron chi connectivity index (χ0n) is 22.8. The molecule has 5 aromatic carbocycles. The van der Waals surface area contributed by atoms with Gasteiger partial charge in [0.2, 0.25) is 0 Å². The Kier molecular flexibility index (Phi) is 6.02. The molecule has 0 aliphatic rings. The molecule has 4 nitrogen and oxygen atoms in total. The third-order valence-electron chi connectivity index (χ3n) is 7.77. The maximum absolute atomic E-state index is 14.8. The Morgan fingerprint density at radius 1 is 0.488 bits per heavy atom. The van der Waals surface area contributed by atoms with Crippen molar-refractivity contribution >= 4 is 27.1 Å². The summed E-state index contributed by atoms with van der Waals surface area (Å²) in [6.07, 6.45) is 0. The third-order valence-corrected chi connectivity index (χ3v) is 7.77. The largest absolute Gasteiger partial charge is 0.493 e. The van der Waals surface area contributed by atoms with Crippen molar-refractivity contribution in [1.29, 1.82) is 0 Å². The number of methoxy groups -OCH3 is 2. The van der Waals surface area contributed by atoms with Crippen LogP contribution in [0.1, 0.15) is 0 Å². The summed E-state index contributed by atoms with van der Waals surface area (Å²) in [6.45, 7) is 0. The molecule has 0 atom stereocenters. The van der Waals surface area contributed by atoms with Crippen LogP contribution in [0.5, 0.6) is 11.5 Å². The highest BCUT2D eigenvalue weighted by Gasteiger charge is 2.24. The molecule has 0 bridgehead atoms. The van der Waals surface area contributed by atoms with Gasteiger partial charge < -0.3 is 9.47 Å². The second kappa shape index (κ2) is 10.00. The number of ether oxygens (including phenoxy) is 2. The fraction of sp³-hybridized carbons (Fsp3) is 0.0541. The van der Waals surface area contributed by atoms with Crippen molar-refractivity contribution in [2.75, 3.05) is 14.2 Å². The molecule has 0 radical (unpaired) electrons. The van der Waals surface area contributed by atoms with Gasteiger partial charge in [-0.3, -0.25) is 9.20 Å². The van der Waals surface area contributed by atoms with Crippen LogP contribution in [-0.4, -0.2) is 18.6 Å². The molecule has 0 fully saturated rings. The van der Waals surface area contributed by atoms with E-state index in [4.69, 9.17) is 9.47 Å². The van der Waals surface area contributed by atoms with Gasteiger partial charge in [-0.15, -0.1) is 0 Å². The number of rotatable bonds is 5. The van der Waals surface area contributed by atoms with Gasteiger partial charge >= 0.3 is 0 Å². The summed E-state index contributed by atoms with van der Waals surface area (Å²) >= 11 is 0. The van der Waals surface area contributed by atoms with Crippen LogP contribution in [0.2, 0.25) is 0 Å². The maximum Gasteiger partial charge on any atom is 0.263 e. The number of pyridine rings is 2. The van der Waals surface area contributed by atoms with Gasteiger partial charge in [0, 0.05) is 21.9 Å². The van der Waals surface area contributed by atoms with Crippen molar-refractivity contribution in [2.45, 2.75) is 0 Å². The Morgan fingerprint density at radius 3 is 1.51 bits per heavy atom. The standard InChI is InChI=1S/C37H27NO3/c1-40-31-22-29-30(23-32(31)41-2)37(39)38-35(26-18-10-5-11-19-26)33(24-14-6-3-7-15-24)27-20-12-13-21-28(27)36(38)34(29)25-16-8-4-9-17-25/h3-23H,1-2H3. The predicted molar refractivity (Wildman–Crippen MR) is 168 cm³/mol. The molecule has 0 amide bonds. The van der Waals surface area contributed by atoms with Crippen molar-refractivity contribution in [1.82, 2.24) is 4.40 Å². The van der Waals surface area contributed by atoms with Crippen LogP contribution in [-0.2, 0) is 0 Å². The molecule has 7 aromatic rings. The molecule has 2 aromatic heterocycles. The van der Waals surface area contributed by atoms with E-state index in [9.17, 15) is 4.79 Å². The van der Waals surface area contributed by atoms with Crippen molar-refractivity contribution < 1.29 is 9.47 Å². The van der Waals surface area contributed by atoms with Crippen molar-refractivity contribution in [2.24, 2.45) is 0 Å². The second-order valence-electron chi connectivity index (χ2n) is 9.98. The van der Waals surface area contributed by atoms with Crippen molar-refractivity contribution in [3.05, 3.63) is 138 Å². The summed E-state index contributed by atoms with van der Waals surface area (Å²) in [4.78, 5) is 14.8. The lowest BCUT2D eigenvalue weighted by Crippen LogP contribution is -2.18. The van der Waals surface area contributed by atoms with E-state index in [1.165, 1.54) is 0 Å². The highest BCUT2D eigenvalue weighted by atomic mass is 16.5. The zero-order valence-corrected chi connectivity index (χ0v) is 22.8. The minimum atomic E-state index is -0.113. The van der Waals surface area contributed by atoms with Crippen molar-refractivity contribution in [3.63, 3.8) is 0 Å². The summed E-state index contributed by atoms with van der Waals surface area (Å²) in [6, 6.07) is 42.9.